The summed E-state index contributed by atoms with van der Waals surface area (Å²) in [6.45, 7) is 3.96. The maximum atomic E-state index is 12.4. The highest BCUT2D eigenvalue weighted by atomic mass is 32.2. The Morgan fingerprint density at radius 2 is 1.68 bits per heavy atom. The van der Waals surface area contributed by atoms with Crippen molar-refractivity contribution in [2.75, 3.05) is 52.5 Å². The topological polar surface area (TPSA) is 85.1 Å². The van der Waals surface area contributed by atoms with Crippen LogP contribution in [-0.4, -0.2) is 75.7 Å². The van der Waals surface area contributed by atoms with Crippen molar-refractivity contribution in [3.63, 3.8) is 0 Å². The highest BCUT2D eigenvalue weighted by Gasteiger charge is 2.33. The van der Waals surface area contributed by atoms with Gasteiger partial charge in [0.2, 0.25) is 0 Å². The number of nitrogens with two attached hydrogens (primary N) is 1. The average Bonchev–Trinajstić information content (AvgIpc) is 2.46. The molecule has 2 rings (SSSR count). The minimum absolute atomic E-state index is 0.139. The molecule has 19 heavy (non-hydrogen) atoms. The summed E-state index contributed by atoms with van der Waals surface area (Å²) in [4.78, 5) is 0. The fourth-order valence-electron chi connectivity index (χ4n) is 2.40. The first kappa shape index (κ1) is 15.1. The van der Waals surface area contributed by atoms with Gasteiger partial charge < -0.3 is 15.2 Å². The summed E-state index contributed by atoms with van der Waals surface area (Å²) in [6.07, 6.45) is 1.62. The zero-order chi connectivity index (χ0) is 13.7. The van der Waals surface area contributed by atoms with Crippen LogP contribution >= 0.6 is 0 Å². The monoisotopic (exact) mass is 293 g/mol. The summed E-state index contributed by atoms with van der Waals surface area (Å²) in [7, 11) is -3.32. The van der Waals surface area contributed by atoms with Gasteiger partial charge in [0.05, 0.1) is 25.9 Å². The molecule has 2 fully saturated rings. The quantitative estimate of drug-likeness (QED) is 0.703. The lowest BCUT2D eigenvalue weighted by atomic mass is 10.1. The van der Waals surface area contributed by atoms with Crippen molar-refractivity contribution in [3.8, 4) is 0 Å². The summed E-state index contributed by atoms with van der Waals surface area (Å²) >= 11 is 0. The Balaban J connectivity index is 1.85. The molecule has 0 aromatic carbocycles. The molecule has 0 bridgehead atoms. The molecular formula is C11H23N3O4S. The van der Waals surface area contributed by atoms with Crippen LogP contribution in [0.4, 0.5) is 0 Å². The lowest BCUT2D eigenvalue weighted by molar-refractivity contribution is 0.0232. The lowest BCUT2D eigenvalue weighted by Gasteiger charge is -2.36. The molecule has 0 aliphatic carbocycles. The van der Waals surface area contributed by atoms with Crippen molar-refractivity contribution in [1.29, 1.82) is 0 Å². The molecule has 7 nitrogen and oxygen atoms in total. The standard InChI is InChI=1S/C11H23N3O4S/c12-3-8-18-11-1-4-13(5-2-11)19(15,16)14-6-9-17-10-7-14/h11H,1-10,12H2. The fraction of sp³-hybridized carbons (Fsp3) is 1.00. The molecule has 2 heterocycles. The molecular weight excluding hydrogens is 270 g/mol. The first-order chi connectivity index (χ1) is 9.14. The van der Waals surface area contributed by atoms with E-state index < -0.39 is 10.2 Å². The van der Waals surface area contributed by atoms with Gasteiger partial charge in [-0.25, -0.2) is 0 Å². The summed E-state index contributed by atoms with van der Waals surface area (Å²) in [5.41, 5.74) is 5.39. The Kier molecular flexibility index (Phi) is 5.55. The molecule has 8 heteroatoms. The molecule has 0 amide bonds. The maximum Gasteiger partial charge on any atom is 0.282 e. The number of hydrogen-bond donors (Lipinski definition) is 1. The van der Waals surface area contributed by atoms with E-state index in [0.29, 0.717) is 52.5 Å². The van der Waals surface area contributed by atoms with Gasteiger partial charge in [0.1, 0.15) is 0 Å². The summed E-state index contributed by atoms with van der Waals surface area (Å²) < 4.78 is 38.6. The molecule has 0 atom stereocenters. The van der Waals surface area contributed by atoms with Crippen molar-refractivity contribution in [1.82, 2.24) is 8.61 Å². The molecule has 0 radical (unpaired) electrons. The summed E-state index contributed by atoms with van der Waals surface area (Å²) in [6, 6.07) is 0. The number of rotatable bonds is 5. The van der Waals surface area contributed by atoms with E-state index >= 15 is 0 Å². The van der Waals surface area contributed by atoms with Gasteiger partial charge >= 0.3 is 0 Å². The normalized spacial score (nSPS) is 24.7. The van der Waals surface area contributed by atoms with E-state index in [4.69, 9.17) is 15.2 Å². The van der Waals surface area contributed by atoms with Gasteiger partial charge in [-0.05, 0) is 12.8 Å². The number of nitrogens with zero attached hydrogens (tertiary/aromatic N) is 2. The first-order valence-electron chi connectivity index (χ1n) is 6.79. The van der Waals surface area contributed by atoms with Crippen LogP contribution in [0.15, 0.2) is 0 Å². The summed E-state index contributed by atoms with van der Waals surface area (Å²) in [5.74, 6) is 0. The molecule has 2 aliphatic rings. The number of morpholine rings is 1. The highest BCUT2D eigenvalue weighted by Crippen LogP contribution is 2.19. The van der Waals surface area contributed by atoms with Crippen molar-refractivity contribution >= 4 is 10.2 Å². The largest absolute Gasteiger partial charge is 0.379 e. The van der Waals surface area contributed by atoms with Crippen molar-refractivity contribution in [2.45, 2.75) is 18.9 Å². The molecule has 0 saturated carbocycles. The predicted molar refractivity (Wildman–Crippen MR) is 70.9 cm³/mol. The zero-order valence-electron chi connectivity index (χ0n) is 11.2. The second kappa shape index (κ2) is 6.96. The first-order valence-corrected chi connectivity index (χ1v) is 8.19. The maximum absolute atomic E-state index is 12.4. The Morgan fingerprint density at radius 3 is 2.26 bits per heavy atom. The Labute approximate surface area is 114 Å². The number of hydrogen-bond acceptors (Lipinski definition) is 5. The van der Waals surface area contributed by atoms with E-state index in [2.05, 4.69) is 0 Å². The minimum atomic E-state index is -3.32. The average molecular weight is 293 g/mol. The van der Waals surface area contributed by atoms with Crippen LogP contribution in [0.2, 0.25) is 0 Å². The molecule has 2 aliphatic heterocycles. The van der Waals surface area contributed by atoms with E-state index in [1.807, 2.05) is 0 Å². The van der Waals surface area contributed by atoms with Gasteiger partial charge in [-0.2, -0.15) is 17.0 Å². The molecule has 112 valence electrons. The van der Waals surface area contributed by atoms with Crippen molar-refractivity contribution < 1.29 is 17.9 Å². The van der Waals surface area contributed by atoms with Crippen LogP contribution in [0.5, 0.6) is 0 Å². The van der Waals surface area contributed by atoms with Crippen LogP contribution in [0.1, 0.15) is 12.8 Å². The van der Waals surface area contributed by atoms with Gasteiger partial charge in [-0.1, -0.05) is 0 Å². The van der Waals surface area contributed by atoms with Gasteiger partial charge in [0.15, 0.2) is 0 Å². The predicted octanol–water partition coefficient (Wildman–Crippen LogP) is -0.997. The minimum Gasteiger partial charge on any atom is -0.379 e. The number of ether oxygens (including phenoxy) is 2. The van der Waals surface area contributed by atoms with Crippen molar-refractivity contribution in [3.05, 3.63) is 0 Å². The van der Waals surface area contributed by atoms with Gasteiger partial charge in [-0.3, -0.25) is 0 Å². The van der Waals surface area contributed by atoms with Gasteiger partial charge in [0.25, 0.3) is 10.2 Å². The fourth-order valence-corrected chi connectivity index (χ4v) is 4.01. The van der Waals surface area contributed by atoms with Gasteiger partial charge in [-0.15, -0.1) is 0 Å². The van der Waals surface area contributed by atoms with E-state index in [-0.39, 0.29) is 6.10 Å². The van der Waals surface area contributed by atoms with E-state index in [9.17, 15) is 8.42 Å². The van der Waals surface area contributed by atoms with Crippen LogP contribution in [0.3, 0.4) is 0 Å². The summed E-state index contributed by atoms with van der Waals surface area (Å²) in [5, 5.41) is 0. The SMILES string of the molecule is NCCOC1CCN(S(=O)(=O)N2CCOCC2)CC1. The smallest absolute Gasteiger partial charge is 0.282 e. The molecule has 2 saturated heterocycles. The Hall–Kier alpha value is -0.250. The molecule has 0 unspecified atom stereocenters. The lowest BCUT2D eigenvalue weighted by Crippen LogP contribution is -2.51. The van der Waals surface area contributed by atoms with Crippen molar-refractivity contribution in [2.24, 2.45) is 5.73 Å². The van der Waals surface area contributed by atoms with E-state index in [0.717, 1.165) is 12.8 Å². The molecule has 0 aromatic rings. The van der Waals surface area contributed by atoms with Crippen LogP contribution in [0, 0.1) is 0 Å². The highest BCUT2D eigenvalue weighted by molar-refractivity contribution is 7.86. The molecule has 0 aromatic heterocycles. The van der Waals surface area contributed by atoms with Crippen LogP contribution in [-0.2, 0) is 19.7 Å². The third kappa shape index (κ3) is 3.87. The molecule has 0 spiro atoms. The second-order valence-electron chi connectivity index (χ2n) is 4.78. The van der Waals surface area contributed by atoms with E-state index in [1.54, 1.807) is 4.31 Å². The van der Waals surface area contributed by atoms with Crippen LogP contribution < -0.4 is 5.73 Å². The van der Waals surface area contributed by atoms with Crippen LogP contribution in [0.25, 0.3) is 0 Å². The molecule has 2 N–H and O–H groups in total. The number of piperidine rings is 1. The Bertz CT molecular complexity index is 362. The van der Waals surface area contributed by atoms with Gasteiger partial charge in [0, 0.05) is 32.7 Å². The third-order valence-electron chi connectivity index (χ3n) is 3.49. The zero-order valence-corrected chi connectivity index (χ0v) is 12.0. The van der Waals surface area contributed by atoms with E-state index in [1.165, 1.54) is 4.31 Å². The Morgan fingerprint density at radius 1 is 1.11 bits per heavy atom. The third-order valence-corrected chi connectivity index (χ3v) is 5.53. The second-order valence-corrected chi connectivity index (χ2v) is 6.71.